The van der Waals surface area contributed by atoms with E-state index < -0.39 is 0 Å². The van der Waals surface area contributed by atoms with Gasteiger partial charge >= 0.3 is 0 Å². The van der Waals surface area contributed by atoms with Gasteiger partial charge in [-0.1, -0.05) is 0 Å². The van der Waals surface area contributed by atoms with Gasteiger partial charge in [-0.3, -0.25) is 0 Å². The molecule has 0 spiro atoms. The van der Waals surface area contributed by atoms with E-state index in [0.717, 1.165) is 51.7 Å². The quantitative estimate of drug-likeness (QED) is 0.191. The largest absolute Gasteiger partial charge is 0.396 e. The number of hydrogen-bond acceptors (Lipinski definition) is 8. The summed E-state index contributed by atoms with van der Waals surface area (Å²) in [7, 11) is 1.76. The molecule has 0 bridgehead atoms. The van der Waals surface area contributed by atoms with Gasteiger partial charge in [0.15, 0.2) is 0 Å². The van der Waals surface area contributed by atoms with Gasteiger partial charge in [-0.15, -0.1) is 0 Å². The van der Waals surface area contributed by atoms with Gasteiger partial charge in [-0.25, -0.2) is 0 Å². The Hall–Kier alpha value is -0.320. The monoisotopic (exact) mass is 555 g/mol. The van der Waals surface area contributed by atoms with Gasteiger partial charge in [0.1, 0.15) is 0 Å². The normalized spacial score (nSPS) is 22.5. The molecule has 3 fully saturated rings. The van der Waals surface area contributed by atoms with Crippen LogP contribution in [-0.2, 0) is 18.9 Å². The second-order valence-electron chi connectivity index (χ2n) is 11.9. The van der Waals surface area contributed by atoms with Crippen molar-refractivity contribution in [2.24, 2.45) is 0 Å². The van der Waals surface area contributed by atoms with Crippen molar-refractivity contribution in [3.63, 3.8) is 0 Å². The molecule has 3 rings (SSSR count). The maximum absolute atomic E-state index is 9.60. The summed E-state index contributed by atoms with van der Waals surface area (Å²) >= 11 is 0. The Bertz CT molecular complexity index is 583. The fourth-order valence-corrected chi connectivity index (χ4v) is 6.85. The lowest BCUT2D eigenvalue weighted by Gasteiger charge is -2.36. The third-order valence-corrected chi connectivity index (χ3v) is 9.01. The summed E-state index contributed by atoms with van der Waals surface area (Å²) in [6, 6.07) is 0.952. The molecule has 3 aliphatic heterocycles. The van der Waals surface area contributed by atoms with E-state index in [-0.39, 0.29) is 18.8 Å². The van der Waals surface area contributed by atoms with Gasteiger partial charge < -0.3 is 38.8 Å². The summed E-state index contributed by atoms with van der Waals surface area (Å²) in [6.07, 6.45) is 14.4. The van der Waals surface area contributed by atoms with Crippen LogP contribution in [0.25, 0.3) is 0 Å². The molecule has 230 valence electrons. The predicted octanol–water partition coefficient (Wildman–Crippen LogP) is 3.80. The number of methoxy groups -OCH3 is 1. The van der Waals surface area contributed by atoms with E-state index in [1.807, 2.05) is 6.92 Å². The highest BCUT2D eigenvalue weighted by Gasteiger charge is 2.31. The topological polar surface area (TPSA) is 66.9 Å². The maximum Gasteiger partial charge on any atom is 0.0704 e. The van der Waals surface area contributed by atoms with Crippen LogP contribution < -0.4 is 0 Å². The average Bonchev–Trinajstić information content (AvgIpc) is 3.75. The number of aliphatic hydroxyl groups excluding tert-OH is 1. The van der Waals surface area contributed by atoms with E-state index in [4.69, 9.17) is 18.9 Å². The standard InChI is InChI=1S/C31H61N3O5/c1-3-37-22-24-39-31(25-28(11-10-20-35)33-15-6-7-16-33)27-29(34-17-8-9-18-34)26-30(38-23-21-36-2)12-19-32-13-4-5-14-32/h28-31,35H,3-27H2,1-2H3. The Morgan fingerprint density at radius 3 is 1.87 bits per heavy atom. The first-order chi connectivity index (χ1) is 19.2. The zero-order valence-corrected chi connectivity index (χ0v) is 25.4. The van der Waals surface area contributed by atoms with Crippen LogP contribution in [0.3, 0.4) is 0 Å². The van der Waals surface area contributed by atoms with E-state index in [1.165, 1.54) is 77.8 Å². The number of aliphatic hydroxyl groups is 1. The fraction of sp³-hybridized carbons (Fsp3) is 1.00. The minimum absolute atomic E-state index is 0.193. The lowest BCUT2D eigenvalue weighted by Crippen LogP contribution is -2.42. The van der Waals surface area contributed by atoms with Crippen molar-refractivity contribution in [1.82, 2.24) is 14.7 Å². The van der Waals surface area contributed by atoms with Crippen LogP contribution in [0.5, 0.6) is 0 Å². The van der Waals surface area contributed by atoms with Crippen LogP contribution in [0.2, 0.25) is 0 Å². The molecular weight excluding hydrogens is 494 g/mol. The first-order valence-electron chi connectivity index (χ1n) is 16.3. The molecule has 4 unspecified atom stereocenters. The van der Waals surface area contributed by atoms with Crippen molar-refractivity contribution in [3.05, 3.63) is 0 Å². The van der Waals surface area contributed by atoms with Crippen molar-refractivity contribution in [3.8, 4) is 0 Å². The lowest BCUT2D eigenvalue weighted by molar-refractivity contribution is -0.0374. The Kier molecular flexibility index (Phi) is 17.5. The molecule has 0 saturated carbocycles. The van der Waals surface area contributed by atoms with Crippen molar-refractivity contribution >= 4 is 0 Å². The van der Waals surface area contributed by atoms with Gasteiger partial charge in [0.05, 0.1) is 38.6 Å². The number of ether oxygens (including phenoxy) is 4. The molecule has 3 aliphatic rings. The van der Waals surface area contributed by atoms with Crippen LogP contribution in [0, 0.1) is 0 Å². The molecule has 8 heteroatoms. The number of likely N-dealkylation sites (tertiary alicyclic amines) is 3. The highest BCUT2D eigenvalue weighted by atomic mass is 16.5. The molecule has 39 heavy (non-hydrogen) atoms. The molecule has 3 heterocycles. The van der Waals surface area contributed by atoms with E-state index >= 15 is 0 Å². The molecular formula is C31H61N3O5. The molecule has 0 aromatic carbocycles. The van der Waals surface area contributed by atoms with Crippen molar-refractivity contribution in [2.75, 3.05) is 92.6 Å². The molecule has 0 aliphatic carbocycles. The van der Waals surface area contributed by atoms with Crippen LogP contribution in [-0.4, -0.2) is 137 Å². The Labute approximate surface area is 239 Å². The van der Waals surface area contributed by atoms with Crippen LogP contribution in [0.15, 0.2) is 0 Å². The average molecular weight is 556 g/mol. The van der Waals surface area contributed by atoms with E-state index in [0.29, 0.717) is 38.5 Å². The minimum Gasteiger partial charge on any atom is -0.396 e. The molecule has 1 N–H and O–H groups in total. The molecule has 0 amide bonds. The SMILES string of the molecule is CCOCCOC(CC(CCCO)N1CCCC1)CC(CC(CCN1CCCC1)OCCOC)N1CCCC1. The van der Waals surface area contributed by atoms with Crippen LogP contribution in [0.4, 0.5) is 0 Å². The second-order valence-corrected chi connectivity index (χ2v) is 11.9. The number of nitrogens with zero attached hydrogens (tertiary/aromatic N) is 3. The molecule has 8 nitrogen and oxygen atoms in total. The van der Waals surface area contributed by atoms with Crippen molar-refractivity contribution in [1.29, 1.82) is 0 Å². The minimum atomic E-state index is 0.193. The van der Waals surface area contributed by atoms with Gasteiger partial charge in [0, 0.05) is 39.0 Å². The smallest absolute Gasteiger partial charge is 0.0704 e. The second kappa shape index (κ2) is 20.5. The van der Waals surface area contributed by atoms with Gasteiger partial charge in [0.2, 0.25) is 0 Å². The Morgan fingerprint density at radius 1 is 0.667 bits per heavy atom. The Morgan fingerprint density at radius 2 is 1.23 bits per heavy atom. The zero-order chi connectivity index (χ0) is 27.5. The van der Waals surface area contributed by atoms with Crippen molar-refractivity contribution < 1.29 is 24.1 Å². The fourth-order valence-electron chi connectivity index (χ4n) is 6.85. The number of hydrogen-bond donors (Lipinski definition) is 1. The maximum atomic E-state index is 9.60. The molecule has 0 aromatic rings. The first-order valence-corrected chi connectivity index (χ1v) is 16.3. The highest BCUT2D eigenvalue weighted by Crippen LogP contribution is 2.27. The summed E-state index contributed by atoms with van der Waals surface area (Å²) in [6.45, 7) is 14.0. The molecule has 3 saturated heterocycles. The van der Waals surface area contributed by atoms with E-state index in [2.05, 4.69) is 14.7 Å². The summed E-state index contributed by atoms with van der Waals surface area (Å²) in [5.74, 6) is 0. The molecule has 0 aromatic heterocycles. The number of rotatable bonds is 23. The summed E-state index contributed by atoms with van der Waals surface area (Å²) in [4.78, 5) is 7.99. The summed E-state index contributed by atoms with van der Waals surface area (Å²) in [5.41, 5.74) is 0. The van der Waals surface area contributed by atoms with Crippen LogP contribution in [0.1, 0.15) is 84.0 Å². The van der Waals surface area contributed by atoms with E-state index in [1.54, 1.807) is 7.11 Å². The van der Waals surface area contributed by atoms with Crippen LogP contribution >= 0.6 is 0 Å². The predicted molar refractivity (Wildman–Crippen MR) is 158 cm³/mol. The summed E-state index contributed by atoms with van der Waals surface area (Å²) < 4.78 is 24.1. The van der Waals surface area contributed by atoms with Gasteiger partial charge in [0.25, 0.3) is 0 Å². The zero-order valence-electron chi connectivity index (χ0n) is 25.4. The third kappa shape index (κ3) is 13.0. The van der Waals surface area contributed by atoms with Gasteiger partial charge in [-0.05, 0) is 123 Å². The third-order valence-electron chi connectivity index (χ3n) is 9.01. The first kappa shape index (κ1) is 33.2. The lowest BCUT2D eigenvalue weighted by atomic mass is 9.94. The van der Waals surface area contributed by atoms with Gasteiger partial charge in [-0.2, -0.15) is 0 Å². The molecule has 0 radical (unpaired) electrons. The van der Waals surface area contributed by atoms with E-state index in [9.17, 15) is 5.11 Å². The summed E-state index contributed by atoms with van der Waals surface area (Å²) in [5, 5.41) is 9.60. The highest BCUT2D eigenvalue weighted by molar-refractivity contribution is 4.86. The Balaban J connectivity index is 1.68. The van der Waals surface area contributed by atoms with Crippen molar-refractivity contribution in [2.45, 2.75) is 108 Å². The molecule has 4 atom stereocenters.